The van der Waals surface area contributed by atoms with Crippen molar-refractivity contribution in [2.75, 3.05) is 13.1 Å². The first-order valence-electron chi connectivity index (χ1n) is 9.06. The summed E-state index contributed by atoms with van der Waals surface area (Å²) < 4.78 is 0. The fourth-order valence-corrected chi connectivity index (χ4v) is 4.22. The molecule has 5 heteroatoms. The molecule has 1 atom stereocenters. The van der Waals surface area contributed by atoms with Gasteiger partial charge in [0.1, 0.15) is 0 Å². The predicted molar refractivity (Wildman–Crippen MR) is 110 cm³/mol. The molecule has 0 N–H and O–H groups in total. The molecule has 1 aliphatic rings. The van der Waals surface area contributed by atoms with Crippen molar-refractivity contribution in [3.8, 4) is 0 Å². The Morgan fingerprint density at radius 1 is 1.12 bits per heavy atom. The Balaban J connectivity index is 1.91. The van der Waals surface area contributed by atoms with E-state index < -0.39 is 0 Å². The third kappa shape index (κ3) is 4.10. The number of carbonyl (C=O) groups excluding carboxylic acids is 1. The quantitative estimate of drug-likeness (QED) is 0.619. The average molecular weight is 386 g/mol. The molecule has 0 aromatic heterocycles. The molecule has 3 rings (SSSR count). The molecule has 1 fully saturated rings. The molecule has 2 aromatic carbocycles. The SMILES string of the molecule is [B]CCC[C@]1(c2ccc(Cl)c(Cl)c2)CCCN(C(=O)c2ccccc2)C1. The number of hydrogen-bond donors (Lipinski definition) is 0. The zero-order valence-electron chi connectivity index (χ0n) is 14.8. The Morgan fingerprint density at radius 2 is 1.88 bits per heavy atom. The van der Waals surface area contributed by atoms with E-state index in [-0.39, 0.29) is 11.3 Å². The normalized spacial score (nSPS) is 20.2. The minimum Gasteiger partial charge on any atom is -0.338 e. The van der Waals surface area contributed by atoms with Gasteiger partial charge in [-0.1, -0.05) is 60.2 Å². The molecule has 1 aliphatic heterocycles. The topological polar surface area (TPSA) is 20.3 Å². The monoisotopic (exact) mass is 385 g/mol. The molecule has 1 saturated heterocycles. The van der Waals surface area contributed by atoms with Crippen LogP contribution in [0.25, 0.3) is 0 Å². The van der Waals surface area contributed by atoms with Crippen molar-refractivity contribution in [3.63, 3.8) is 0 Å². The molecule has 1 heterocycles. The summed E-state index contributed by atoms with van der Waals surface area (Å²) in [7, 11) is 5.79. The van der Waals surface area contributed by atoms with E-state index in [2.05, 4.69) is 0 Å². The van der Waals surface area contributed by atoms with Gasteiger partial charge in [0, 0.05) is 24.1 Å². The number of amides is 1. The lowest BCUT2D eigenvalue weighted by atomic mass is 9.70. The lowest BCUT2D eigenvalue weighted by molar-refractivity contribution is 0.0625. The number of rotatable bonds is 5. The molecule has 0 aliphatic carbocycles. The minimum atomic E-state index is -0.129. The van der Waals surface area contributed by atoms with Gasteiger partial charge in [-0.3, -0.25) is 4.79 Å². The summed E-state index contributed by atoms with van der Waals surface area (Å²) in [5.74, 6) is 0.0856. The Morgan fingerprint density at radius 3 is 2.58 bits per heavy atom. The van der Waals surface area contributed by atoms with Crippen LogP contribution in [-0.4, -0.2) is 31.7 Å². The second-order valence-corrected chi connectivity index (χ2v) is 7.81. The van der Waals surface area contributed by atoms with E-state index in [1.54, 1.807) is 0 Å². The van der Waals surface area contributed by atoms with Gasteiger partial charge in [-0.05, 0) is 49.1 Å². The van der Waals surface area contributed by atoms with Crippen molar-refractivity contribution in [2.24, 2.45) is 0 Å². The largest absolute Gasteiger partial charge is 0.338 e. The Kier molecular flexibility index (Phi) is 6.31. The highest BCUT2D eigenvalue weighted by atomic mass is 35.5. The van der Waals surface area contributed by atoms with Crippen molar-refractivity contribution >= 4 is 37.0 Å². The Bertz CT molecular complexity index is 768. The molecular formula is C21H22BCl2NO. The van der Waals surface area contributed by atoms with Crippen LogP contribution in [0.15, 0.2) is 48.5 Å². The van der Waals surface area contributed by atoms with E-state index in [4.69, 9.17) is 31.0 Å². The van der Waals surface area contributed by atoms with E-state index in [1.807, 2.05) is 53.4 Å². The molecule has 0 spiro atoms. The number of halogens is 2. The number of benzene rings is 2. The van der Waals surface area contributed by atoms with Gasteiger partial charge in [-0.2, -0.15) is 0 Å². The van der Waals surface area contributed by atoms with Crippen LogP contribution >= 0.6 is 23.2 Å². The maximum atomic E-state index is 13.0. The predicted octanol–water partition coefficient (Wildman–Crippen LogP) is 5.53. The van der Waals surface area contributed by atoms with Gasteiger partial charge in [-0.25, -0.2) is 0 Å². The summed E-state index contributed by atoms with van der Waals surface area (Å²) >= 11 is 12.4. The number of carbonyl (C=O) groups is 1. The van der Waals surface area contributed by atoms with Gasteiger partial charge in [-0.15, -0.1) is 0 Å². The molecule has 26 heavy (non-hydrogen) atoms. The minimum absolute atomic E-state index is 0.0856. The van der Waals surface area contributed by atoms with E-state index in [9.17, 15) is 4.79 Å². The van der Waals surface area contributed by atoms with E-state index in [0.717, 1.165) is 43.4 Å². The van der Waals surface area contributed by atoms with Crippen LogP contribution in [0.5, 0.6) is 0 Å². The van der Waals surface area contributed by atoms with E-state index >= 15 is 0 Å². The third-order valence-electron chi connectivity index (χ3n) is 5.28. The van der Waals surface area contributed by atoms with Crippen molar-refractivity contribution in [1.82, 2.24) is 4.90 Å². The average Bonchev–Trinajstić information content (AvgIpc) is 2.68. The van der Waals surface area contributed by atoms with Crippen LogP contribution in [0.3, 0.4) is 0 Å². The first-order valence-corrected chi connectivity index (χ1v) is 9.81. The van der Waals surface area contributed by atoms with Crippen molar-refractivity contribution < 1.29 is 4.79 Å². The second-order valence-electron chi connectivity index (χ2n) is 7.00. The lowest BCUT2D eigenvalue weighted by Crippen LogP contribution is -2.48. The summed E-state index contributed by atoms with van der Waals surface area (Å²) in [6, 6.07) is 15.3. The highest BCUT2D eigenvalue weighted by Crippen LogP contribution is 2.41. The summed E-state index contributed by atoms with van der Waals surface area (Å²) in [6.07, 6.45) is 4.45. The van der Waals surface area contributed by atoms with Crippen LogP contribution < -0.4 is 0 Å². The van der Waals surface area contributed by atoms with E-state index in [1.165, 1.54) is 0 Å². The standard InChI is InChI=1S/C21H22BCl2NO/c22-12-4-10-21(17-8-9-18(23)19(24)14-17)11-5-13-25(15-21)20(26)16-6-2-1-3-7-16/h1-3,6-9,14H,4-5,10-13,15H2/t21-/m0/s1. The van der Waals surface area contributed by atoms with Crippen molar-refractivity contribution in [3.05, 3.63) is 69.7 Å². The van der Waals surface area contributed by atoms with Gasteiger partial charge in [0.25, 0.3) is 5.91 Å². The van der Waals surface area contributed by atoms with Gasteiger partial charge in [0.15, 0.2) is 0 Å². The van der Waals surface area contributed by atoms with Crippen LogP contribution in [0.2, 0.25) is 16.4 Å². The Labute approximate surface area is 166 Å². The summed E-state index contributed by atoms with van der Waals surface area (Å²) in [5.41, 5.74) is 1.75. The molecule has 0 saturated carbocycles. The molecule has 134 valence electrons. The molecule has 0 unspecified atom stereocenters. The third-order valence-corrected chi connectivity index (χ3v) is 6.02. The second kappa shape index (κ2) is 8.50. The fourth-order valence-electron chi connectivity index (χ4n) is 3.92. The van der Waals surface area contributed by atoms with Crippen molar-refractivity contribution in [2.45, 2.75) is 37.4 Å². The van der Waals surface area contributed by atoms with Gasteiger partial charge < -0.3 is 4.90 Å². The molecular weight excluding hydrogens is 364 g/mol. The summed E-state index contributed by atoms with van der Waals surface area (Å²) in [5, 5.41) is 1.11. The summed E-state index contributed by atoms with van der Waals surface area (Å²) in [4.78, 5) is 14.9. The maximum Gasteiger partial charge on any atom is 0.253 e. The number of hydrogen-bond acceptors (Lipinski definition) is 1. The maximum absolute atomic E-state index is 13.0. The number of nitrogens with zero attached hydrogens (tertiary/aromatic N) is 1. The molecule has 0 bridgehead atoms. The van der Waals surface area contributed by atoms with Crippen molar-refractivity contribution in [1.29, 1.82) is 0 Å². The van der Waals surface area contributed by atoms with E-state index in [0.29, 0.717) is 22.9 Å². The fraction of sp³-hybridized carbons (Fsp3) is 0.381. The van der Waals surface area contributed by atoms with Gasteiger partial charge >= 0.3 is 0 Å². The zero-order valence-corrected chi connectivity index (χ0v) is 16.3. The van der Waals surface area contributed by atoms with Crippen LogP contribution in [0.1, 0.15) is 41.6 Å². The first kappa shape index (κ1) is 19.3. The highest BCUT2D eigenvalue weighted by molar-refractivity contribution is 6.42. The molecule has 2 aromatic rings. The number of likely N-dealkylation sites (tertiary alicyclic amines) is 1. The smallest absolute Gasteiger partial charge is 0.253 e. The van der Waals surface area contributed by atoms with Crippen LogP contribution in [0, 0.1) is 0 Å². The highest BCUT2D eigenvalue weighted by Gasteiger charge is 2.38. The first-order chi connectivity index (χ1) is 12.6. The van der Waals surface area contributed by atoms with Gasteiger partial charge in [0.2, 0.25) is 0 Å². The summed E-state index contributed by atoms with van der Waals surface area (Å²) in [6.45, 7) is 1.46. The Hall–Kier alpha value is -1.45. The van der Waals surface area contributed by atoms with Crippen LogP contribution in [-0.2, 0) is 5.41 Å². The number of piperidine rings is 1. The molecule has 2 nitrogen and oxygen atoms in total. The van der Waals surface area contributed by atoms with Gasteiger partial charge in [0.05, 0.1) is 17.9 Å². The molecule has 1 amide bonds. The van der Waals surface area contributed by atoms with Crippen LogP contribution in [0.4, 0.5) is 0 Å². The zero-order chi connectivity index (χ0) is 18.6. The lowest BCUT2D eigenvalue weighted by Gasteiger charge is -2.44. The molecule has 2 radical (unpaired) electrons.